The molecule has 1 aromatic carbocycles. The second-order valence-corrected chi connectivity index (χ2v) is 7.12. The summed E-state index contributed by atoms with van der Waals surface area (Å²) in [6, 6.07) is 5.88. The van der Waals surface area contributed by atoms with Gasteiger partial charge in [-0.05, 0) is 24.5 Å². The van der Waals surface area contributed by atoms with Gasteiger partial charge in [0.05, 0.1) is 0 Å². The summed E-state index contributed by atoms with van der Waals surface area (Å²) in [6.45, 7) is 4.42. The Morgan fingerprint density at radius 2 is 1.83 bits per heavy atom. The van der Waals surface area contributed by atoms with Crippen molar-refractivity contribution in [1.82, 2.24) is 14.9 Å². The average Bonchev–Trinajstić information content (AvgIpc) is 2.68. The molecule has 0 spiro atoms. The maximum atomic E-state index is 12.5. The van der Waals surface area contributed by atoms with E-state index < -0.39 is 47.1 Å². The van der Waals surface area contributed by atoms with E-state index >= 15 is 0 Å². The molecule has 10 heteroatoms. The van der Waals surface area contributed by atoms with Crippen molar-refractivity contribution in [3.05, 3.63) is 61.8 Å². The van der Waals surface area contributed by atoms with E-state index in [2.05, 4.69) is 5.32 Å². The van der Waals surface area contributed by atoms with Gasteiger partial charge in [-0.3, -0.25) is 23.9 Å². The first-order chi connectivity index (χ1) is 14.0. The molecular formula is C20H24N4O6. The maximum absolute atomic E-state index is 12.5. The van der Waals surface area contributed by atoms with Crippen LogP contribution in [0.15, 0.2) is 33.9 Å². The van der Waals surface area contributed by atoms with Gasteiger partial charge < -0.3 is 15.8 Å². The van der Waals surface area contributed by atoms with Crippen LogP contribution in [0, 0.1) is 12.8 Å². The third-order valence-corrected chi connectivity index (χ3v) is 4.59. The topological polar surface area (TPSA) is 153 Å². The van der Waals surface area contributed by atoms with Crippen LogP contribution >= 0.6 is 0 Å². The van der Waals surface area contributed by atoms with Crippen molar-refractivity contribution < 1.29 is 19.1 Å². The van der Waals surface area contributed by atoms with Crippen LogP contribution in [-0.2, 0) is 16.6 Å². The van der Waals surface area contributed by atoms with Crippen LogP contribution in [-0.4, -0.2) is 39.9 Å². The molecule has 4 N–H and O–H groups in total. The summed E-state index contributed by atoms with van der Waals surface area (Å²) in [4.78, 5) is 62.7. The number of ether oxygens (including phenoxy) is 1. The molecule has 1 amide bonds. The highest BCUT2D eigenvalue weighted by atomic mass is 16.5. The van der Waals surface area contributed by atoms with Crippen molar-refractivity contribution in [1.29, 1.82) is 0 Å². The number of hydrogen-bond donors (Lipinski definition) is 3. The average molecular weight is 416 g/mol. The summed E-state index contributed by atoms with van der Waals surface area (Å²) < 4.78 is 5.93. The Labute approximate surface area is 172 Å². The van der Waals surface area contributed by atoms with E-state index in [0.717, 1.165) is 10.1 Å². The molecule has 0 unspecified atom stereocenters. The molecule has 0 fully saturated rings. The lowest BCUT2D eigenvalue weighted by atomic mass is 10.0. The lowest BCUT2D eigenvalue weighted by molar-refractivity contribution is -0.145. The molecule has 1 aromatic heterocycles. The second kappa shape index (κ2) is 9.21. The van der Waals surface area contributed by atoms with Crippen LogP contribution in [0.25, 0.3) is 0 Å². The summed E-state index contributed by atoms with van der Waals surface area (Å²) in [5.74, 6) is -2.82. The fraction of sp³-hybridized carbons (Fsp3) is 0.350. The third-order valence-electron chi connectivity index (χ3n) is 4.59. The second-order valence-electron chi connectivity index (χ2n) is 7.12. The van der Waals surface area contributed by atoms with Crippen LogP contribution in [0.1, 0.15) is 40.1 Å². The predicted octanol–water partition coefficient (Wildman–Crippen LogP) is 0.145. The fourth-order valence-electron chi connectivity index (χ4n) is 2.75. The highest BCUT2D eigenvalue weighted by Crippen LogP contribution is 2.11. The van der Waals surface area contributed by atoms with Crippen LogP contribution in [0.3, 0.4) is 0 Å². The van der Waals surface area contributed by atoms with Crippen molar-refractivity contribution in [2.45, 2.75) is 26.8 Å². The Kier molecular flexibility index (Phi) is 6.93. The van der Waals surface area contributed by atoms with Crippen molar-refractivity contribution in [3.63, 3.8) is 0 Å². The van der Waals surface area contributed by atoms with E-state index in [0.29, 0.717) is 5.56 Å². The molecular weight excluding hydrogens is 392 g/mol. The number of nitrogens with one attached hydrogen (secondary N) is 2. The number of Topliss-reactive ketones (excluding diaryl/α,β-unsaturated/α-hetero) is 1. The predicted molar refractivity (Wildman–Crippen MR) is 109 cm³/mol. The first-order valence-corrected chi connectivity index (χ1v) is 9.19. The summed E-state index contributed by atoms with van der Waals surface area (Å²) in [5.41, 5.74) is 4.61. The number of aromatic amines is 1. The van der Waals surface area contributed by atoms with Gasteiger partial charge in [0.2, 0.25) is 5.78 Å². The van der Waals surface area contributed by atoms with E-state index in [9.17, 15) is 24.0 Å². The zero-order chi connectivity index (χ0) is 22.6. The molecule has 1 atom stereocenters. The quantitative estimate of drug-likeness (QED) is 0.429. The molecule has 10 nitrogen and oxygen atoms in total. The first-order valence-electron chi connectivity index (χ1n) is 9.19. The Hall–Kier alpha value is -3.69. The summed E-state index contributed by atoms with van der Waals surface area (Å²) >= 11 is 0. The van der Waals surface area contributed by atoms with E-state index in [1.165, 1.54) is 7.05 Å². The van der Waals surface area contributed by atoms with Crippen molar-refractivity contribution in [2.24, 2.45) is 13.0 Å². The van der Waals surface area contributed by atoms with Gasteiger partial charge in [0.25, 0.3) is 11.5 Å². The summed E-state index contributed by atoms with van der Waals surface area (Å²) in [5, 5.41) is 2.61. The Morgan fingerprint density at radius 3 is 2.43 bits per heavy atom. The number of anilines is 1. The molecule has 0 bridgehead atoms. The smallest absolute Gasteiger partial charge is 0.329 e. The van der Waals surface area contributed by atoms with Gasteiger partial charge in [-0.25, -0.2) is 9.59 Å². The van der Waals surface area contributed by atoms with Crippen molar-refractivity contribution in [3.8, 4) is 0 Å². The number of amides is 1. The molecule has 0 aliphatic heterocycles. The third kappa shape index (κ3) is 4.83. The van der Waals surface area contributed by atoms with Gasteiger partial charge in [0.1, 0.15) is 17.4 Å². The van der Waals surface area contributed by atoms with Crippen LogP contribution < -0.4 is 22.3 Å². The molecule has 0 aliphatic rings. The highest BCUT2D eigenvalue weighted by Gasteiger charge is 2.28. The fourth-order valence-corrected chi connectivity index (χ4v) is 2.75. The molecule has 0 radical (unpaired) electrons. The lowest BCUT2D eigenvalue weighted by Gasteiger charge is -2.21. The maximum Gasteiger partial charge on any atom is 0.329 e. The number of esters is 1. The molecule has 160 valence electrons. The van der Waals surface area contributed by atoms with Crippen molar-refractivity contribution >= 4 is 23.5 Å². The zero-order valence-electron chi connectivity index (χ0n) is 17.1. The number of carbonyl (C=O) groups is 3. The van der Waals surface area contributed by atoms with E-state index in [4.69, 9.17) is 10.5 Å². The lowest BCUT2D eigenvalue weighted by Crippen LogP contribution is -2.46. The van der Waals surface area contributed by atoms with Gasteiger partial charge in [0, 0.05) is 12.6 Å². The van der Waals surface area contributed by atoms with Gasteiger partial charge >= 0.3 is 11.7 Å². The number of aryl methyl sites for hydroxylation is 1. The Morgan fingerprint density at radius 1 is 1.20 bits per heavy atom. The number of aromatic nitrogens is 2. The summed E-state index contributed by atoms with van der Waals surface area (Å²) in [6.07, 6.45) is 0. The largest absolute Gasteiger partial charge is 0.456 e. The number of ketones is 1. The normalized spacial score (nSPS) is 11.8. The number of benzene rings is 1. The molecule has 30 heavy (non-hydrogen) atoms. The Balaban J connectivity index is 2.13. The SMILES string of the molecule is Cc1ccccc1C(=O)N[C@H](C(=O)OCC(=O)c1c(N)n(C)c(=O)[nH]c1=O)C(C)C. The number of H-pyrrole nitrogens is 1. The van der Waals surface area contributed by atoms with E-state index in [-0.39, 0.29) is 11.7 Å². The van der Waals surface area contributed by atoms with Crippen molar-refractivity contribution in [2.75, 3.05) is 12.3 Å². The monoisotopic (exact) mass is 416 g/mol. The van der Waals surface area contributed by atoms with E-state index in [1.54, 1.807) is 45.0 Å². The molecule has 2 rings (SSSR count). The Bertz CT molecular complexity index is 1100. The summed E-state index contributed by atoms with van der Waals surface area (Å²) in [7, 11) is 1.28. The van der Waals surface area contributed by atoms with Gasteiger partial charge in [-0.2, -0.15) is 0 Å². The van der Waals surface area contributed by atoms with E-state index in [1.807, 2.05) is 4.98 Å². The molecule has 0 aliphatic carbocycles. The number of nitrogen functional groups attached to an aromatic ring is 1. The van der Waals surface area contributed by atoms with Gasteiger partial charge in [-0.1, -0.05) is 32.0 Å². The van der Waals surface area contributed by atoms with Gasteiger partial charge in [-0.15, -0.1) is 0 Å². The van der Waals surface area contributed by atoms with Crippen LogP contribution in [0.2, 0.25) is 0 Å². The highest BCUT2D eigenvalue weighted by molar-refractivity contribution is 6.02. The number of rotatable bonds is 7. The minimum absolute atomic E-state index is 0.327. The minimum Gasteiger partial charge on any atom is -0.456 e. The molecule has 1 heterocycles. The first kappa shape index (κ1) is 22.6. The minimum atomic E-state index is -1.01. The number of nitrogens with two attached hydrogens (primary N) is 1. The zero-order valence-corrected chi connectivity index (χ0v) is 17.1. The number of carbonyl (C=O) groups excluding carboxylic acids is 3. The van der Waals surface area contributed by atoms with Crippen LogP contribution in [0.5, 0.6) is 0 Å². The van der Waals surface area contributed by atoms with Gasteiger partial charge in [0.15, 0.2) is 6.61 Å². The standard InChI is InChI=1S/C20H24N4O6/c1-10(2)15(22-17(26)12-8-6-5-7-11(12)3)19(28)30-9-13(25)14-16(21)24(4)20(29)23-18(14)27/h5-8,10,15H,9,21H2,1-4H3,(H,22,26)(H,23,27,29)/t15-/m0/s1. The molecule has 0 saturated heterocycles. The molecule has 2 aromatic rings. The molecule has 0 saturated carbocycles. The number of nitrogens with zero attached hydrogens (tertiary/aromatic N) is 1. The van der Waals surface area contributed by atoms with Crippen LogP contribution in [0.4, 0.5) is 5.82 Å². The number of hydrogen-bond acceptors (Lipinski definition) is 7.